The minimum absolute atomic E-state index is 0.0100. The molecule has 0 aromatic heterocycles. The number of nitrogens with two attached hydrogens (primary N) is 1. The van der Waals surface area contributed by atoms with Gasteiger partial charge in [-0.15, -0.1) is 12.8 Å². The van der Waals surface area contributed by atoms with Crippen molar-refractivity contribution in [3.8, 4) is 24.3 Å². The predicted molar refractivity (Wildman–Crippen MR) is 130 cm³/mol. The number of ether oxygens (including phenoxy) is 2. The van der Waals surface area contributed by atoms with E-state index < -0.39 is 11.8 Å². The molecule has 34 heavy (non-hydrogen) atoms. The van der Waals surface area contributed by atoms with E-state index >= 15 is 0 Å². The third-order valence-electron chi connectivity index (χ3n) is 5.56. The van der Waals surface area contributed by atoms with Crippen LogP contribution in [-0.2, 0) is 23.6 Å². The van der Waals surface area contributed by atoms with Crippen LogP contribution < -0.4 is 15.2 Å². The molecule has 184 valence electrons. The molecular weight excluding hydrogens is 438 g/mol. The summed E-state index contributed by atoms with van der Waals surface area (Å²) in [6.45, 7) is 5.97. The number of fused-ring (bicyclic) bond motifs is 1. The quantitative estimate of drug-likeness (QED) is 0.600. The highest BCUT2D eigenvalue weighted by Crippen LogP contribution is 2.31. The number of rotatable bonds is 7. The molecule has 2 heterocycles. The molecule has 2 N–H and O–H groups in total. The summed E-state index contributed by atoms with van der Waals surface area (Å²) >= 11 is 0. The van der Waals surface area contributed by atoms with Gasteiger partial charge in [0.25, 0.3) is 5.92 Å². The van der Waals surface area contributed by atoms with Gasteiger partial charge in [-0.2, -0.15) is 0 Å². The van der Waals surface area contributed by atoms with Crippen LogP contribution in [0.1, 0.15) is 42.9 Å². The molecule has 4 rings (SSSR count). The summed E-state index contributed by atoms with van der Waals surface area (Å²) in [5, 5.41) is 0. The van der Waals surface area contributed by atoms with Gasteiger partial charge in [0, 0.05) is 12.5 Å². The molecule has 0 bridgehead atoms. The molecule has 7 heteroatoms. The second-order valence-corrected chi connectivity index (χ2v) is 8.36. The Morgan fingerprint density at radius 3 is 2.35 bits per heavy atom. The van der Waals surface area contributed by atoms with E-state index in [0.717, 1.165) is 24.8 Å². The molecule has 0 atom stereocenters. The molecule has 2 aromatic carbocycles. The minimum Gasteiger partial charge on any atom is -0.486 e. The van der Waals surface area contributed by atoms with Crippen molar-refractivity contribution in [1.82, 2.24) is 4.90 Å². The zero-order chi connectivity index (χ0) is 25.0. The average Bonchev–Trinajstić information content (AvgIpc) is 3.34. The zero-order valence-electron chi connectivity index (χ0n) is 19.8. The van der Waals surface area contributed by atoms with E-state index in [1.165, 1.54) is 62.7 Å². The normalized spacial score (nSPS) is 14.9. The Balaban J connectivity index is 0.000000231. The fourth-order valence-corrected chi connectivity index (χ4v) is 3.91. The Morgan fingerprint density at radius 1 is 1.03 bits per heavy atom. The largest absolute Gasteiger partial charge is 0.486 e. The number of nitrogens with zero attached hydrogens (tertiary/aromatic N) is 1. The van der Waals surface area contributed by atoms with Gasteiger partial charge < -0.3 is 20.1 Å². The number of alkyl halides is 2. The van der Waals surface area contributed by atoms with Crippen molar-refractivity contribution in [2.24, 2.45) is 5.73 Å². The standard InChI is InChI=1S/C15H21NO2.C10H11F2NO.C2H2/c1-2-8-16(7-1)9-3-4-13-5-6-14-15(12-13)18-11-10-17-14;1-10(11,12)8-4-2-3-7(5-8)6-9(13)14;1-2/h5-6,12H,1-4,7-11H2;2-5H,6H2,1H3,(H2,13,14);1-2H. The highest BCUT2D eigenvalue weighted by molar-refractivity contribution is 5.76. The maximum absolute atomic E-state index is 12.9. The number of benzene rings is 2. The Labute approximate surface area is 201 Å². The minimum atomic E-state index is -2.88. The van der Waals surface area contributed by atoms with Gasteiger partial charge >= 0.3 is 0 Å². The van der Waals surface area contributed by atoms with E-state index in [-0.39, 0.29) is 12.0 Å². The first-order valence-corrected chi connectivity index (χ1v) is 11.5. The van der Waals surface area contributed by atoms with Crippen LogP contribution >= 0.6 is 0 Å². The lowest BCUT2D eigenvalue weighted by Gasteiger charge is -2.19. The maximum atomic E-state index is 12.9. The van der Waals surface area contributed by atoms with Gasteiger partial charge in [-0.3, -0.25) is 4.79 Å². The van der Waals surface area contributed by atoms with Gasteiger partial charge in [-0.25, -0.2) is 8.78 Å². The zero-order valence-corrected chi connectivity index (χ0v) is 19.8. The van der Waals surface area contributed by atoms with E-state index in [4.69, 9.17) is 15.2 Å². The second kappa shape index (κ2) is 13.6. The van der Waals surface area contributed by atoms with Crippen LogP contribution in [0.25, 0.3) is 0 Å². The van der Waals surface area contributed by atoms with Gasteiger partial charge in [0.1, 0.15) is 13.2 Å². The molecule has 2 aliphatic rings. The predicted octanol–water partition coefficient (Wildman–Crippen LogP) is 4.56. The molecule has 1 saturated heterocycles. The number of amides is 1. The third kappa shape index (κ3) is 9.03. The summed E-state index contributed by atoms with van der Waals surface area (Å²) in [6, 6.07) is 12.1. The first-order valence-electron chi connectivity index (χ1n) is 11.5. The van der Waals surface area contributed by atoms with Gasteiger partial charge in [-0.1, -0.05) is 24.3 Å². The fourth-order valence-electron chi connectivity index (χ4n) is 3.91. The van der Waals surface area contributed by atoms with E-state index in [9.17, 15) is 13.6 Å². The highest BCUT2D eigenvalue weighted by Gasteiger charge is 2.24. The first-order chi connectivity index (χ1) is 16.3. The van der Waals surface area contributed by atoms with Crippen molar-refractivity contribution in [3.63, 3.8) is 0 Å². The highest BCUT2D eigenvalue weighted by atomic mass is 19.3. The number of likely N-dealkylation sites (tertiary alicyclic amines) is 1. The lowest BCUT2D eigenvalue weighted by molar-refractivity contribution is -0.117. The van der Waals surface area contributed by atoms with Crippen molar-refractivity contribution in [2.45, 2.75) is 45.0 Å². The molecule has 0 radical (unpaired) electrons. The Kier molecular flexibility index (Phi) is 10.8. The molecule has 0 unspecified atom stereocenters. The van der Waals surface area contributed by atoms with Crippen LogP contribution in [0.2, 0.25) is 0 Å². The molecule has 1 amide bonds. The van der Waals surface area contributed by atoms with E-state index in [2.05, 4.69) is 29.9 Å². The summed E-state index contributed by atoms with van der Waals surface area (Å²) in [5.74, 6) is -1.60. The summed E-state index contributed by atoms with van der Waals surface area (Å²) < 4.78 is 36.9. The smallest absolute Gasteiger partial charge is 0.270 e. The van der Waals surface area contributed by atoms with Crippen molar-refractivity contribution in [3.05, 3.63) is 59.2 Å². The molecule has 5 nitrogen and oxygen atoms in total. The number of halogens is 2. The summed E-state index contributed by atoms with van der Waals surface area (Å²) in [5.41, 5.74) is 6.73. The topological polar surface area (TPSA) is 64.8 Å². The number of aryl methyl sites for hydroxylation is 1. The molecular formula is C27H34F2N2O3. The van der Waals surface area contributed by atoms with Crippen LogP contribution in [-0.4, -0.2) is 43.7 Å². The maximum Gasteiger partial charge on any atom is 0.270 e. The number of primary amides is 1. The number of hydrogen-bond donors (Lipinski definition) is 1. The van der Waals surface area contributed by atoms with Crippen LogP contribution in [0.4, 0.5) is 8.78 Å². The lowest BCUT2D eigenvalue weighted by atomic mass is 10.0. The summed E-state index contributed by atoms with van der Waals surface area (Å²) in [6.07, 6.45) is 13.1. The van der Waals surface area contributed by atoms with Crippen molar-refractivity contribution >= 4 is 5.91 Å². The molecule has 2 aliphatic heterocycles. The van der Waals surface area contributed by atoms with Crippen molar-refractivity contribution in [2.75, 3.05) is 32.8 Å². The lowest BCUT2D eigenvalue weighted by Crippen LogP contribution is -2.20. The fraction of sp³-hybridized carbons (Fsp3) is 0.444. The third-order valence-corrected chi connectivity index (χ3v) is 5.56. The molecule has 1 fully saturated rings. The van der Waals surface area contributed by atoms with Crippen LogP contribution in [0.15, 0.2) is 42.5 Å². The van der Waals surface area contributed by atoms with Gasteiger partial charge in [-0.05, 0) is 74.6 Å². The summed E-state index contributed by atoms with van der Waals surface area (Å²) in [4.78, 5) is 13.1. The van der Waals surface area contributed by atoms with E-state index in [1.807, 2.05) is 6.07 Å². The van der Waals surface area contributed by atoms with Crippen LogP contribution in [0.5, 0.6) is 11.5 Å². The average molecular weight is 473 g/mol. The molecule has 0 spiro atoms. The van der Waals surface area contributed by atoms with Gasteiger partial charge in [0.2, 0.25) is 5.91 Å². The first kappa shape index (κ1) is 27.1. The molecule has 2 aromatic rings. The Bertz CT molecular complexity index is 935. The summed E-state index contributed by atoms with van der Waals surface area (Å²) in [7, 11) is 0. The molecule has 0 aliphatic carbocycles. The van der Waals surface area contributed by atoms with E-state index in [0.29, 0.717) is 18.8 Å². The van der Waals surface area contributed by atoms with Crippen LogP contribution in [0, 0.1) is 12.8 Å². The monoisotopic (exact) mass is 472 g/mol. The SMILES string of the molecule is C#C.CC(F)(F)c1cccc(CC(N)=O)c1.c1cc2c(cc1CCCN1CCCC1)OCCO2. The second-order valence-electron chi connectivity index (χ2n) is 8.36. The Morgan fingerprint density at radius 2 is 1.71 bits per heavy atom. The van der Waals surface area contributed by atoms with Crippen LogP contribution in [0.3, 0.4) is 0 Å². The number of terminal acetylenes is 1. The number of carbonyl (C=O) groups is 1. The number of hydrogen-bond acceptors (Lipinski definition) is 4. The molecule has 0 saturated carbocycles. The Hall–Kier alpha value is -3.11. The van der Waals surface area contributed by atoms with Gasteiger partial charge in [0.05, 0.1) is 6.42 Å². The van der Waals surface area contributed by atoms with E-state index in [1.54, 1.807) is 6.07 Å². The number of carbonyl (C=O) groups excluding carboxylic acids is 1. The van der Waals surface area contributed by atoms with Crippen molar-refractivity contribution in [1.29, 1.82) is 0 Å². The van der Waals surface area contributed by atoms with Gasteiger partial charge in [0.15, 0.2) is 11.5 Å². The van der Waals surface area contributed by atoms with Crippen molar-refractivity contribution < 1.29 is 23.0 Å².